The molecule has 0 unspecified atom stereocenters. The molecule has 11 nitrogen and oxygen atoms in total. The van der Waals surface area contributed by atoms with Crippen LogP contribution in [-0.2, 0) is 37.7 Å². The number of nitrogens with zero attached hydrogens (tertiary/aromatic N) is 4. The zero-order valence-electron chi connectivity index (χ0n) is 24.8. The van der Waals surface area contributed by atoms with Gasteiger partial charge in [0.25, 0.3) is 0 Å². The Morgan fingerprint density at radius 1 is 0.857 bits per heavy atom. The summed E-state index contributed by atoms with van der Waals surface area (Å²) in [5, 5.41) is 22.6. The summed E-state index contributed by atoms with van der Waals surface area (Å²) in [6.07, 6.45) is 3.01. The standard InChI is InChI=1S/C14H9ClFN3O2.C7H4ClN3O2.C6H5ClFN.CH3F.CH4.S3/c15-10-4-8(5-11(16)6-10)3-9-1-2-12-13(18-7-17-12)14(9)19(20)21;8-4-1-2-5-6(10-3-9-5)7(4)11(12)13;7-4-1-5(8)3-6(9)2-4;1-2;;1-3-2/h1-2,4-7H,3H2,(H,17,18);1-3H,(H,9,10);1-3H,9H2;1H3;1H4;/i;;;1D;;. The number of nitro groups is 2. The molecule has 0 aliphatic rings. The van der Waals surface area contributed by atoms with Gasteiger partial charge >= 0.3 is 11.4 Å². The molecule has 49 heavy (non-hydrogen) atoms. The summed E-state index contributed by atoms with van der Waals surface area (Å²) in [6.45, 7) is 0. The molecule has 0 spiro atoms. The molecule has 4 N–H and O–H groups in total. The van der Waals surface area contributed by atoms with Crippen LogP contribution >= 0.6 is 34.8 Å². The number of alkyl halides is 1. The van der Waals surface area contributed by atoms with Gasteiger partial charge in [-0.3, -0.25) is 24.6 Å². The van der Waals surface area contributed by atoms with Crippen LogP contribution in [0.2, 0.25) is 15.1 Å². The molecule has 0 bridgehead atoms. The summed E-state index contributed by atoms with van der Waals surface area (Å²) >= 11 is 25.1. The van der Waals surface area contributed by atoms with E-state index in [9.17, 15) is 33.4 Å². The number of nitro benzene ring substituents is 2. The number of rotatable bonds is 4. The molecule has 2 heterocycles. The Morgan fingerprint density at radius 3 is 1.80 bits per heavy atom. The highest BCUT2D eigenvalue weighted by Crippen LogP contribution is 2.31. The number of imidazole rings is 2. The van der Waals surface area contributed by atoms with Crippen LogP contribution in [0.25, 0.3) is 22.1 Å². The van der Waals surface area contributed by atoms with Crippen LogP contribution in [0.1, 0.15) is 19.9 Å². The second-order valence-electron chi connectivity index (χ2n) is 8.81. The SMILES string of the molecule is C.Nc1cc(F)cc(Cl)c1.O=[N+]([O-])c1c(Cc2cc(F)cc(Cl)c2)ccc2[nH]cnc12.O=[N+]([O-])c1c(Cl)ccc2[nH]cnc12.S=S=S.[2H]CF. The third-order valence-electron chi connectivity index (χ3n) is 5.73. The smallest absolute Gasteiger partial charge is 0.315 e. The molecule has 2 aromatic heterocycles. The first-order valence-electron chi connectivity index (χ1n) is 13.3. The molecule has 0 amide bonds. The molecule has 4 aromatic carbocycles. The zero-order chi connectivity index (χ0) is 36.7. The van der Waals surface area contributed by atoms with E-state index in [-0.39, 0.29) is 40.8 Å². The zero-order valence-corrected chi connectivity index (χ0v) is 28.6. The van der Waals surface area contributed by atoms with Gasteiger partial charge in [0.05, 0.1) is 42.1 Å². The number of anilines is 1. The average Bonchev–Trinajstić information content (AvgIpc) is 3.67. The number of nitrogens with two attached hydrogens (primary N) is 1. The molecule has 20 heteroatoms. The summed E-state index contributed by atoms with van der Waals surface area (Å²) in [4.78, 5) is 34.3. The number of aromatic nitrogens is 4. The van der Waals surface area contributed by atoms with Gasteiger partial charge in [-0.05, 0) is 66.2 Å². The van der Waals surface area contributed by atoms with Gasteiger partial charge in [0, 0.05) is 59.0 Å². The van der Waals surface area contributed by atoms with Crippen molar-refractivity contribution in [2.75, 3.05) is 12.9 Å². The maximum absolute atomic E-state index is 13.4. The normalized spacial score (nSPS) is 9.88. The summed E-state index contributed by atoms with van der Waals surface area (Å²) in [7, 11) is -0.0833. The van der Waals surface area contributed by atoms with Crippen LogP contribution in [0.15, 0.2) is 73.3 Å². The lowest BCUT2D eigenvalue weighted by Gasteiger charge is -2.05. The predicted octanol–water partition coefficient (Wildman–Crippen LogP) is 9.25. The number of aromatic amines is 2. The van der Waals surface area contributed by atoms with Crippen molar-refractivity contribution in [1.82, 2.24) is 19.9 Å². The van der Waals surface area contributed by atoms with Crippen LogP contribution < -0.4 is 5.73 Å². The Labute approximate surface area is 306 Å². The molecule has 6 rings (SSSR count). The third-order valence-corrected chi connectivity index (χ3v) is 6.47. The van der Waals surface area contributed by atoms with Crippen molar-refractivity contribution < 1.29 is 24.4 Å². The minimum Gasteiger partial charge on any atom is -0.399 e. The fraction of sp³-hybridized carbons (Fsp3) is 0.103. The Hall–Kier alpha value is -4.26. The van der Waals surface area contributed by atoms with Crippen LogP contribution in [0.3, 0.4) is 0 Å². The van der Waals surface area contributed by atoms with E-state index in [4.69, 9.17) is 41.9 Å². The minimum atomic E-state index is -1.00. The summed E-state index contributed by atoms with van der Waals surface area (Å²) in [5.74, 6) is -0.874. The fourth-order valence-electron chi connectivity index (χ4n) is 4.03. The molecule has 0 saturated carbocycles. The van der Waals surface area contributed by atoms with E-state index in [0.29, 0.717) is 38.4 Å². The second kappa shape index (κ2) is 21.0. The molecule has 260 valence electrons. The van der Waals surface area contributed by atoms with Crippen molar-refractivity contribution in [3.8, 4) is 0 Å². The van der Waals surface area contributed by atoms with Crippen LogP contribution in [0.4, 0.5) is 30.2 Å². The topological polar surface area (TPSA) is 170 Å². The van der Waals surface area contributed by atoms with E-state index < -0.39 is 28.6 Å². The lowest BCUT2D eigenvalue weighted by atomic mass is 10.0. The molecule has 0 saturated heterocycles. The van der Waals surface area contributed by atoms with Crippen LogP contribution in [-0.4, -0.2) is 36.9 Å². The highest BCUT2D eigenvalue weighted by atomic mass is 35.5. The van der Waals surface area contributed by atoms with E-state index in [1.165, 1.54) is 49.1 Å². The first kappa shape index (κ1) is 40.9. The van der Waals surface area contributed by atoms with Gasteiger partial charge in [-0.15, -0.1) is 0 Å². The molecule has 0 aliphatic heterocycles. The molecule has 0 radical (unpaired) electrons. The molecular weight excluding hydrogens is 770 g/mol. The number of nitrogens with one attached hydrogen (secondary N) is 2. The largest absolute Gasteiger partial charge is 0.399 e. The highest BCUT2D eigenvalue weighted by Gasteiger charge is 2.21. The third kappa shape index (κ3) is 12.6. The van der Waals surface area contributed by atoms with Crippen molar-refractivity contribution in [1.29, 1.82) is 0 Å². The number of hydrogen-bond donors (Lipinski definition) is 3. The quantitative estimate of drug-likeness (QED) is 0.0894. The van der Waals surface area contributed by atoms with Gasteiger partial charge in [0.15, 0.2) is 11.0 Å². The van der Waals surface area contributed by atoms with Crippen molar-refractivity contribution in [3.05, 3.63) is 131 Å². The Bertz CT molecular complexity index is 2040. The maximum Gasteiger partial charge on any atom is 0.315 e. The molecule has 0 aliphatic carbocycles. The highest BCUT2D eigenvalue weighted by molar-refractivity contribution is 8.37. The lowest BCUT2D eigenvalue weighted by Crippen LogP contribution is -1.98. The minimum absolute atomic E-state index is 0. The van der Waals surface area contributed by atoms with E-state index in [0.717, 1.165) is 8.88 Å². The first-order valence-corrected chi connectivity index (χ1v) is 16.3. The summed E-state index contributed by atoms with van der Waals surface area (Å²) in [6, 6.07) is 14.5. The second-order valence-corrected chi connectivity index (χ2v) is 11.9. The van der Waals surface area contributed by atoms with Crippen LogP contribution in [0.5, 0.6) is 0 Å². The van der Waals surface area contributed by atoms with E-state index in [2.05, 4.69) is 42.3 Å². The Morgan fingerprint density at radius 2 is 1.33 bits per heavy atom. The van der Waals surface area contributed by atoms with Gasteiger partial charge in [-0.1, -0.05) is 42.2 Å². The van der Waals surface area contributed by atoms with Crippen molar-refractivity contribution in [2.24, 2.45) is 0 Å². The van der Waals surface area contributed by atoms with Crippen molar-refractivity contribution in [2.45, 2.75) is 13.8 Å². The van der Waals surface area contributed by atoms with Gasteiger partial charge in [0.1, 0.15) is 16.7 Å². The number of fused-ring (bicyclic) bond motifs is 2. The van der Waals surface area contributed by atoms with E-state index >= 15 is 0 Å². The average molecular weight is 796 g/mol. The Balaban J connectivity index is 0.000000369. The van der Waals surface area contributed by atoms with Crippen LogP contribution in [0, 0.1) is 31.9 Å². The predicted molar refractivity (Wildman–Crippen MR) is 196 cm³/mol. The Kier molecular flexibility index (Phi) is 17.5. The number of nitrogen functional groups attached to an aromatic ring is 1. The maximum atomic E-state index is 13.4. The molecule has 0 fully saturated rings. The molecule has 0 atom stereocenters. The number of hydrogen-bond acceptors (Lipinski definition) is 9. The number of H-pyrrole nitrogens is 2. The van der Waals surface area contributed by atoms with Gasteiger partial charge in [-0.2, -0.15) is 0 Å². The summed E-state index contributed by atoms with van der Waals surface area (Å²) in [5.41, 5.74) is 8.16. The first-order chi connectivity index (χ1) is 23.3. The van der Waals surface area contributed by atoms with E-state index in [1.54, 1.807) is 24.3 Å². The monoisotopic (exact) mass is 794 g/mol. The number of halogens is 6. The molecular formula is C29H25Cl3F3N7O4S3. The van der Waals surface area contributed by atoms with Gasteiger partial charge in [0.2, 0.25) is 0 Å². The van der Waals surface area contributed by atoms with Gasteiger partial charge in [-0.25, -0.2) is 18.7 Å². The summed E-state index contributed by atoms with van der Waals surface area (Å²) < 4.78 is 41.1. The van der Waals surface area contributed by atoms with E-state index in [1.807, 2.05) is 0 Å². The number of benzene rings is 4. The van der Waals surface area contributed by atoms with Gasteiger partial charge < -0.3 is 15.7 Å². The van der Waals surface area contributed by atoms with Crippen molar-refractivity contribution >= 4 is 105 Å². The fourth-order valence-corrected chi connectivity index (χ4v) is 4.73. The molecule has 6 aromatic rings. The lowest BCUT2D eigenvalue weighted by molar-refractivity contribution is -0.383. The van der Waals surface area contributed by atoms with Crippen molar-refractivity contribution in [3.63, 3.8) is 0 Å².